The molecule has 5 N–H and O–H groups in total. The Morgan fingerprint density at radius 3 is 2.55 bits per heavy atom. The van der Waals surface area contributed by atoms with E-state index in [1.165, 1.54) is 6.07 Å². The van der Waals surface area contributed by atoms with Crippen LogP contribution in [0.4, 0.5) is 10.5 Å². The number of aliphatic hydroxyl groups is 1. The Balaban J connectivity index is 2.71. The number of nitrogens with one attached hydrogen (secondary N) is 2. The molecule has 0 bridgehead atoms. The standard InChI is InChI=1S/C14H21N3O3/c1-8-4-5-11(6-12(8)13(15)19)17-14(20)16-10(3)9(2)7-18/h4-6,9-10,18H,7H2,1-3H3,(H2,15,19)(H2,16,17,20). The van der Waals surface area contributed by atoms with Gasteiger partial charge in [-0.05, 0) is 37.5 Å². The van der Waals surface area contributed by atoms with Gasteiger partial charge in [0, 0.05) is 23.9 Å². The minimum absolute atomic E-state index is 0.00218. The van der Waals surface area contributed by atoms with Crippen LogP contribution in [0.5, 0.6) is 0 Å². The Morgan fingerprint density at radius 1 is 1.35 bits per heavy atom. The Labute approximate surface area is 118 Å². The molecule has 0 radical (unpaired) electrons. The van der Waals surface area contributed by atoms with Gasteiger partial charge in [0.15, 0.2) is 0 Å². The molecule has 0 saturated heterocycles. The summed E-state index contributed by atoms with van der Waals surface area (Å²) in [5.41, 5.74) is 6.88. The number of amides is 3. The summed E-state index contributed by atoms with van der Waals surface area (Å²) in [7, 11) is 0. The van der Waals surface area contributed by atoms with Crippen molar-refractivity contribution in [1.82, 2.24) is 5.32 Å². The van der Waals surface area contributed by atoms with Crippen molar-refractivity contribution in [3.8, 4) is 0 Å². The topological polar surface area (TPSA) is 104 Å². The van der Waals surface area contributed by atoms with Crippen LogP contribution in [0.15, 0.2) is 18.2 Å². The Hall–Kier alpha value is -2.08. The second-order valence-corrected chi connectivity index (χ2v) is 4.94. The number of carbonyl (C=O) groups excluding carboxylic acids is 2. The van der Waals surface area contributed by atoms with Gasteiger partial charge < -0.3 is 21.5 Å². The fourth-order valence-corrected chi connectivity index (χ4v) is 1.64. The maximum Gasteiger partial charge on any atom is 0.319 e. The molecule has 0 heterocycles. The van der Waals surface area contributed by atoms with Crippen molar-refractivity contribution in [2.75, 3.05) is 11.9 Å². The number of benzene rings is 1. The number of primary amides is 1. The number of hydrogen-bond donors (Lipinski definition) is 4. The number of rotatable bonds is 5. The van der Waals surface area contributed by atoms with Crippen molar-refractivity contribution in [3.05, 3.63) is 29.3 Å². The molecule has 0 saturated carbocycles. The summed E-state index contributed by atoms with van der Waals surface area (Å²) in [6.07, 6.45) is 0. The normalized spacial score (nSPS) is 13.4. The van der Waals surface area contributed by atoms with E-state index in [0.717, 1.165) is 5.56 Å². The predicted molar refractivity (Wildman–Crippen MR) is 77.6 cm³/mol. The summed E-state index contributed by atoms with van der Waals surface area (Å²) in [5.74, 6) is -0.575. The zero-order valence-corrected chi connectivity index (χ0v) is 11.9. The van der Waals surface area contributed by atoms with E-state index in [1.807, 2.05) is 13.8 Å². The average molecular weight is 279 g/mol. The van der Waals surface area contributed by atoms with Crippen LogP contribution in [0.3, 0.4) is 0 Å². The van der Waals surface area contributed by atoms with Crippen molar-refractivity contribution >= 4 is 17.6 Å². The number of carbonyl (C=O) groups is 2. The molecule has 0 aliphatic heterocycles. The van der Waals surface area contributed by atoms with Gasteiger partial charge in [-0.25, -0.2) is 4.79 Å². The number of hydrogen-bond acceptors (Lipinski definition) is 3. The van der Waals surface area contributed by atoms with Crippen LogP contribution in [0.25, 0.3) is 0 Å². The first-order chi connectivity index (χ1) is 9.35. The van der Waals surface area contributed by atoms with E-state index in [2.05, 4.69) is 10.6 Å². The van der Waals surface area contributed by atoms with Crippen molar-refractivity contribution in [2.24, 2.45) is 11.7 Å². The van der Waals surface area contributed by atoms with Gasteiger partial charge in [-0.2, -0.15) is 0 Å². The fraction of sp³-hybridized carbons (Fsp3) is 0.429. The van der Waals surface area contributed by atoms with Crippen LogP contribution in [0, 0.1) is 12.8 Å². The third-order valence-electron chi connectivity index (χ3n) is 3.26. The molecular formula is C14H21N3O3. The highest BCUT2D eigenvalue weighted by atomic mass is 16.3. The Kier molecular flexibility index (Phi) is 5.52. The van der Waals surface area contributed by atoms with Crippen LogP contribution in [0.2, 0.25) is 0 Å². The molecule has 0 aliphatic carbocycles. The molecule has 1 aromatic rings. The lowest BCUT2D eigenvalue weighted by Gasteiger charge is -2.19. The largest absolute Gasteiger partial charge is 0.396 e. The first-order valence-corrected chi connectivity index (χ1v) is 6.44. The molecule has 0 spiro atoms. The Morgan fingerprint density at radius 2 is 2.00 bits per heavy atom. The van der Waals surface area contributed by atoms with Crippen LogP contribution in [-0.2, 0) is 0 Å². The molecule has 3 amide bonds. The molecule has 20 heavy (non-hydrogen) atoms. The third kappa shape index (κ3) is 4.24. The van der Waals surface area contributed by atoms with Crippen molar-refractivity contribution in [2.45, 2.75) is 26.8 Å². The lowest BCUT2D eigenvalue weighted by atomic mass is 10.1. The molecule has 0 aliphatic rings. The van der Waals surface area contributed by atoms with Gasteiger partial charge in [-0.15, -0.1) is 0 Å². The van der Waals surface area contributed by atoms with E-state index in [1.54, 1.807) is 19.1 Å². The first kappa shape index (κ1) is 16.0. The van der Waals surface area contributed by atoms with E-state index in [9.17, 15) is 9.59 Å². The average Bonchev–Trinajstić information content (AvgIpc) is 2.39. The van der Waals surface area contributed by atoms with E-state index >= 15 is 0 Å². The van der Waals surface area contributed by atoms with Gasteiger partial charge in [0.2, 0.25) is 5.91 Å². The van der Waals surface area contributed by atoms with Gasteiger partial charge in [0.05, 0.1) is 0 Å². The van der Waals surface area contributed by atoms with Gasteiger partial charge in [-0.3, -0.25) is 4.79 Å². The summed E-state index contributed by atoms with van der Waals surface area (Å²) < 4.78 is 0. The van der Waals surface area contributed by atoms with E-state index in [0.29, 0.717) is 11.3 Å². The maximum absolute atomic E-state index is 11.8. The third-order valence-corrected chi connectivity index (χ3v) is 3.26. The molecule has 1 rings (SSSR count). The van der Waals surface area contributed by atoms with Crippen molar-refractivity contribution < 1.29 is 14.7 Å². The second kappa shape index (κ2) is 6.91. The molecule has 2 atom stereocenters. The summed E-state index contributed by atoms with van der Waals surface area (Å²) >= 11 is 0. The van der Waals surface area contributed by atoms with E-state index < -0.39 is 11.9 Å². The van der Waals surface area contributed by atoms with Crippen molar-refractivity contribution in [1.29, 1.82) is 0 Å². The molecular weight excluding hydrogens is 258 g/mol. The van der Waals surface area contributed by atoms with E-state index in [-0.39, 0.29) is 18.6 Å². The molecule has 0 fully saturated rings. The zero-order valence-electron chi connectivity index (χ0n) is 11.9. The first-order valence-electron chi connectivity index (χ1n) is 6.44. The quantitative estimate of drug-likeness (QED) is 0.651. The van der Waals surface area contributed by atoms with Crippen LogP contribution >= 0.6 is 0 Å². The van der Waals surface area contributed by atoms with Gasteiger partial charge in [0.25, 0.3) is 0 Å². The van der Waals surface area contributed by atoms with Gasteiger partial charge in [-0.1, -0.05) is 13.0 Å². The number of aryl methyl sites for hydroxylation is 1. The highest BCUT2D eigenvalue weighted by Crippen LogP contribution is 2.15. The molecule has 110 valence electrons. The van der Waals surface area contributed by atoms with Crippen LogP contribution in [-0.4, -0.2) is 29.7 Å². The monoisotopic (exact) mass is 279 g/mol. The minimum atomic E-state index is -0.533. The van der Waals surface area contributed by atoms with E-state index in [4.69, 9.17) is 10.8 Å². The van der Waals surface area contributed by atoms with Gasteiger partial charge in [0.1, 0.15) is 0 Å². The molecule has 0 aromatic heterocycles. The fourth-order valence-electron chi connectivity index (χ4n) is 1.64. The molecule has 2 unspecified atom stereocenters. The van der Waals surface area contributed by atoms with Crippen LogP contribution in [0.1, 0.15) is 29.8 Å². The number of nitrogens with two attached hydrogens (primary N) is 1. The SMILES string of the molecule is Cc1ccc(NC(=O)NC(C)C(C)CO)cc1C(N)=O. The number of anilines is 1. The predicted octanol–water partition coefficient (Wildman–Crippen LogP) is 1.23. The number of urea groups is 1. The number of aliphatic hydroxyl groups excluding tert-OH is 1. The molecule has 1 aromatic carbocycles. The zero-order chi connectivity index (χ0) is 15.3. The smallest absolute Gasteiger partial charge is 0.319 e. The van der Waals surface area contributed by atoms with Crippen molar-refractivity contribution in [3.63, 3.8) is 0 Å². The summed E-state index contributed by atoms with van der Waals surface area (Å²) in [4.78, 5) is 23.0. The summed E-state index contributed by atoms with van der Waals surface area (Å²) in [5, 5.41) is 14.4. The highest BCUT2D eigenvalue weighted by Gasteiger charge is 2.14. The maximum atomic E-state index is 11.8. The summed E-state index contributed by atoms with van der Waals surface area (Å²) in [6, 6.07) is 4.40. The summed E-state index contributed by atoms with van der Waals surface area (Å²) in [6.45, 7) is 5.42. The Bertz CT molecular complexity index is 502. The lowest BCUT2D eigenvalue weighted by molar-refractivity contribution is 0.0999. The van der Waals surface area contributed by atoms with Crippen LogP contribution < -0.4 is 16.4 Å². The molecule has 6 nitrogen and oxygen atoms in total. The lowest BCUT2D eigenvalue weighted by Crippen LogP contribution is -2.40. The molecule has 6 heteroatoms. The highest BCUT2D eigenvalue weighted by molar-refractivity contribution is 5.97. The minimum Gasteiger partial charge on any atom is -0.396 e. The van der Waals surface area contributed by atoms with Gasteiger partial charge >= 0.3 is 6.03 Å². The second-order valence-electron chi connectivity index (χ2n) is 4.94.